The predicted octanol–water partition coefficient (Wildman–Crippen LogP) is 1.72. The van der Waals surface area contributed by atoms with Crippen LogP contribution in [0.15, 0.2) is 5.16 Å². The molecular weight excluding hydrogens is 264 g/mol. The van der Waals surface area contributed by atoms with Gasteiger partial charge in [-0.1, -0.05) is 32.5 Å². The quantitative estimate of drug-likeness (QED) is 0.517. The first-order valence-corrected chi connectivity index (χ1v) is 7.05. The van der Waals surface area contributed by atoms with Crippen LogP contribution < -0.4 is 5.84 Å². The third-order valence-electron chi connectivity index (χ3n) is 2.07. The molecule has 0 amide bonds. The van der Waals surface area contributed by atoms with E-state index < -0.39 is 5.60 Å². The second kappa shape index (κ2) is 5.40. The van der Waals surface area contributed by atoms with Gasteiger partial charge in [-0.15, -0.1) is 10.2 Å². The van der Waals surface area contributed by atoms with E-state index >= 15 is 0 Å². The van der Waals surface area contributed by atoms with Crippen LogP contribution in [0.5, 0.6) is 0 Å². The number of nitrogens with two attached hydrogens (primary N) is 1. The van der Waals surface area contributed by atoms with E-state index in [2.05, 4.69) is 10.2 Å². The summed E-state index contributed by atoms with van der Waals surface area (Å²) in [4.78, 5) is 11.6. The third-order valence-corrected chi connectivity index (χ3v) is 2.99. The van der Waals surface area contributed by atoms with Gasteiger partial charge in [-0.05, 0) is 20.8 Å². The lowest BCUT2D eigenvalue weighted by atomic mass is 9.96. The van der Waals surface area contributed by atoms with Gasteiger partial charge in [-0.25, -0.2) is 4.68 Å². The van der Waals surface area contributed by atoms with Gasteiger partial charge >= 0.3 is 5.97 Å². The molecule has 0 aromatic carbocycles. The van der Waals surface area contributed by atoms with Gasteiger partial charge in [0, 0.05) is 5.41 Å². The standard InChI is InChI=1S/C12H22N4O2S/c1-11(2,3)9-14-15-10(16(9)13)19-7-8(17)18-12(4,5)6/h7,13H2,1-6H3. The van der Waals surface area contributed by atoms with E-state index in [1.165, 1.54) is 16.4 Å². The zero-order valence-electron chi connectivity index (χ0n) is 12.4. The summed E-state index contributed by atoms with van der Waals surface area (Å²) in [6.45, 7) is 11.5. The van der Waals surface area contributed by atoms with E-state index in [9.17, 15) is 4.79 Å². The first-order valence-electron chi connectivity index (χ1n) is 6.06. The molecule has 0 saturated heterocycles. The lowest BCUT2D eigenvalue weighted by Gasteiger charge is -2.19. The van der Waals surface area contributed by atoms with Crippen LogP contribution in [0.3, 0.4) is 0 Å². The summed E-state index contributed by atoms with van der Waals surface area (Å²) in [5.74, 6) is 6.47. The highest BCUT2D eigenvalue weighted by molar-refractivity contribution is 7.99. The minimum atomic E-state index is -0.482. The number of hydrogen-bond acceptors (Lipinski definition) is 6. The molecule has 6 nitrogen and oxygen atoms in total. The molecule has 0 aliphatic rings. The molecule has 2 N–H and O–H groups in total. The van der Waals surface area contributed by atoms with Crippen molar-refractivity contribution in [1.29, 1.82) is 0 Å². The molecule has 1 aromatic rings. The Morgan fingerprint density at radius 1 is 1.26 bits per heavy atom. The molecule has 1 aromatic heterocycles. The zero-order chi connectivity index (χ0) is 14.8. The summed E-state index contributed by atoms with van der Waals surface area (Å²) < 4.78 is 6.64. The van der Waals surface area contributed by atoms with Crippen LogP contribution in [0.1, 0.15) is 47.4 Å². The maximum atomic E-state index is 11.6. The van der Waals surface area contributed by atoms with Crippen LogP contribution in [-0.2, 0) is 14.9 Å². The van der Waals surface area contributed by atoms with Crippen molar-refractivity contribution in [3.8, 4) is 0 Å². The predicted molar refractivity (Wildman–Crippen MR) is 75.4 cm³/mol. The van der Waals surface area contributed by atoms with Crippen molar-refractivity contribution >= 4 is 17.7 Å². The molecule has 0 aliphatic heterocycles. The van der Waals surface area contributed by atoms with Gasteiger partial charge in [0.25, 0.3) is 0 Å². The molecule has 0 fully saturated rings. The first-order chi connectivity index (χ1) is 8.50. The van der Waals surface area contributed by atoms with E-state index in [1.54, 1.807) is 0 Å². The first kappa shape index (κ1) is 15.8. The van der Waals surface area contributed by atoms with E-state index in [0.29, 0.717) is 11.0 Å². The molecule has 0 unspecified atom stereocenters. The number of nitrogen functional groups attached to an aromatic ring is 1. The number of carbonyl (C=O) groups excluding carboxylic acids is 1. The summed E-state index contributed by atoms with van der Waals surface area (Å²) in [6.07, 6.45) is 0. The summed E-state index contributed by atoms with van der Waals surface area (Å²) in [7, 11) is 0. The Bertz CT molecular complexity index is 457. The molecule has 7 heteroatoms. The molecule has 0 bridgehead atoms. The maximum absolute atomic E-state index is 11.6. The Balaban J connectivity index is 2.65. The maximum Gasteiger partial charge on any atom is 0.316 e. The van der Waals surface area contributed by atoms with E-state index in [-0.39, 0.29) is 17.1 Å². The number of carbonyl (C=O) groups is 1. The number of nitrogens with zero attached hydrogens (tertiary/aromatic N) is 3. The van der Waals surface area contributed by atoms with Crippen LogP contribution in [0.25, 0.3) is 0 Å². The van der Waals surface area contributed by atoms with Gasteiger partial charge in [0.2, 0.25) is 5.16 Å². The van der Waals surface area contributed by atoms with Crippen molar-refractivity contribution in [1.82, 2.24) is 14.9 Å². The van der Waals surface area contributed by atoms with E-state index in [0.717, 1.165) is 0 Å². The highest BCUT2D eigenvalue weighted by Crippen LogP contribution is 2.23. The molecule has 0 atom stereocenters. The average Bonchev–Trinajstić information content (AvgIpc) is 2.53. The second-order valence-corrected chi connectivity index (χ2v) is 7.24. The Morgan fingerprint density at radius 2 is 1.84 bits per heavy atom. The van der Waals surface area contributed by atoms with Gasteiger partial charge in [-0.3, -0.25) is 4.79 Å². The number of rotatable bonds is 3. The topological polar surface area (TPSA) is 83.0 Å². The fourth-order valence-corrected chi connectivity index (χ4v) is 2.01. The fourth-order valence-electron chi connectivity index (χ4n) is 1.38. The van der Waals surface area contributed by atoms with Crippen LogP contribution in [0, 0.1) is 0 Å². The van der Waals surface area contributed by atoms with Gasteiger partial charge < -0.3 is 10.6 Å². The van der Waals surface area contributed by atoms with Crippen molar-refractivity contribution in [3.63, 3.8) is 0 Å². The molecule has 0 spiro atoms. The van der Waals surface area contributed by atoms with Crippen molar-refractivity contribution < 1.29 is 9.53 Å². The molecule has 108 valence electrons. The van der Waals surface area contributed by atoms with E-state index in [1.807, 2.05) is 41.5 Å². The molecule has 1 heterocycles. The Hall–Kier alpha value is -1.24. The monoisotopic (exact) mass is 286 g/mol. The number of esters is 1. The SMILES string of the molecule is CC(C)(C)OC(=O)CSc1nnc(C(C)(C)C)n1N. The molecule has 0 saturated carbocycles. The molecule has 0 radical (unpaired) electrons. The Kier molecular flexibility index (Phi) is 4.50. The highest BCUT2D eigenvalue weighted by atomic mass is 32.2. The summed E-state index contributed by atoms with van der Waals surface area (Å²) in [5, 5.41) is 8.56. The second-order valence-electron chi connectivity index (χ2n) is 6.30. The summed E-state index contributed by atoms with van der Waals surface area (Å²) in [5.41, 5.74) is -0.670. The largest absolute Gasteiger partial charge is 0.459 e. The summed E-state index contributed by atoms with van der Waals surface area (Å²) in [6, 6.07) is 0. The fraction of sp³-hybridized carbons (Fsp3) is 0.750. The highest BCUT2D eigenvalue weighted by Gasteiger charge is 2.24. The van der Waals surface area contributed by atoms with E-state index in [4.69, 9.17) is 10.6 Å². The average molecular weight is 286 g/mol. The van der Waals surface area contributed by atoms with Crippen LogP contribution >= 0.6 is 11.8 Å². The number of thioether (sulfide) groups is 1. The normalized spacial score (nSPS) is 12.5. The van der Waals surface area contributed by atoms with Crippen LogP contribution in [-0.4, -0.2) is 32.2 Å². The molecule has 1 rings (SSSR count). The van der Waals surface area contributed by atoms with Crippen molar-refractivity contribution in [3.05, 3.63) is 5.82 Å². The van der Waals surface area contributed by atoms with Crippen LogP contribution in [0.2, 0.25) is 0 Å². The lowest BCUT2D eigenvalue weighted by Crippen LogP contribution is -2.26. The third kappa shape index (κ3) is 4.74. The number of ether oxygens (including phenoxy) is 1. The molecule has 19 heavy (non-hydrogen) atoms. The van der Waals surface area contributed by atoms with Crippen molar-refractivity contribution in [2.75, 3.05) is 11.6 Å². The van der Waals surface area contributed by atoms with Gasteiger partial charge in [0.05, 0.1) is 5.75 Å². The van der Waals surface area contributed by atoms with Crippen molar-refractivity contribution in [2.45, 2.75) is 57.7 Å². The zero-order valence-corrected chi connectivity index (χ0v) is 13.2. The smallest absolute Gasteiger partial charge is 0.316 e. The van der Waals surface area contributed by atoms with Crippen LogP contribution in [0.4, 0.5) is 0 Å². The van der Waals surface area contributed by atoms with Gasteiger partial charge in [0.15, 0.2) is 5.82 Å². The van der Waals surface area contributed by atoms with Gasteiger partial charge in [0.1, 0.15) is 5.60 Å². The number of aromatic nitrogens is 3. The minimum absolute atomic E-state index is 0.163. The Morgan fingerprint density at radius 3 is 2.26 bits per heavy atom. The molecular formula is C12H22N4O2S. The van der Waals surface area contributed by atoms with Crippen molar-refractivity contribution in [2.24, 2.45) is 0 Å². The minimum Gasteiger partial charge on any atom is -0.459 e. The van der Waals surface area contributed by atoms with Gasteiger partial charge in [-0.2, -0.15) is 0 Å². The number of hydrogen-bond donors (Lipinski definition) is 1. The lowest BCUT2D eigenvalue weighted by molar-refractivity contribution is -0.151. The summed E-state index contributed by atoms with van der Waals surface area (Å²) >= 11 is 1.22. The Labute approximate surface area is 118 Å². The molecule has 0 aliphatic carbocycles.